The molecule has 1 saturated carbocycles. The topological polar surface area (TPSA) is 17.1 Å². The van der Waals surface area contributed by atoms with Gasteiger partial charge in [0.25, 0.3) is 0 Å². The molecule has 0 aromatic rings. The summed E-state index contributed by atoms with van der Waals surface area (Å²) in [7, 11) is 0. The van der Waals surface area contributed by atoms with E-state index < -0.39 is 0 Å². The molecule has 100 valence electrons. The van der Waals surface area contributed by atoms with Crippen LogP contribution in [0.2, 0.25) is 0 Å². The highest BCUT2D eigenvalue weighted by molar-refractivity contribution is 5.99. The molecule has 1 nitrogen and oxygen atoms in total. The Morgan fingerprint density at radius 2 is 1.94 bits per heavy atom. The fourth-order valence-corrected chi connectivity index (χ4v) is 3.82. The van der Waals surface area contributed by atoms with Gasteiger partial charge in [0, 0.05) is 5.92 Å². The largest absolute Gasteiger partial charge is 0.294 e. The van der Waals surface area contributed by atoms with E-state index in [0.717, 1.165) is 12.8 Å². The standard InChI is InChI=1S/C17H26O/c1-5-6-15-12(3)9-10-14-11(2)7-8-13(4)16(14)17(15)18/h5,11-12,14-15H,1,6-10H2,2-4H3/t11-,12+,14-,15-/m0/s1. The monoisotopic (exact) mass is 246 g/mol. The number of hydrogen-bond acceptors (Lipinski definition) is 1. The minimum Gasteiger partial charge on any atom is -0.294 e. The molecule has 0 aromatic heterocycles. The number of carbonyl (C=O) groups is 1. The molecule has 0 aliphatic heterocycles. The molecule has 0 heterocycles. The van der Waals surface area contributed by atoms with Crippen LogP contribution in [0.5, 0.6) is 0 Å². The minimum absolute atomic E-state index is 0.183. The molecule has 0 bridgehead atoms. The summed E-state index contributed by atoms with van der Waals surface area (Å²) in [4.78, 5) is 12.8. The zero-order valence-electron chi connectivity index (χ0n) is 12.0. The summed E-state index contributed by atoms with van der Waals surface area (Å²) >= 11 is 0. The minimum atomic E-state index is 0.183. The molecule has 0 radical (unpaired) electrons. The average Bonchev–Trinajstić information content (AvgIpc) is 2.46. The molecule has 0 N–H and O–H groups in total. The van der Waals surface area contributed by atoms with Crippen molar-refractivity contribution in [1.29, 1.82) is 0 Å². The normalized spacial score (nSPS) is 37.2. The number of allylic oxidation sites excluding steroid dienone is 3. The maximum Gasteiger partial charge on any atom is 0.162 e. The molecule has 0 amide bonds. The highest BCUT2D eigenvalue weighted by atomic mass is 16.1. The molecule has 4 atom stereocenters. The molecule has 0 saturated heterocycles. The third-order valence-electron chi connectivity index (χ3n) is 5.13. The number of ketones is 1. The van der Waals surface area contributed by atoms with E-state index in [2.05, 4.69) is 27.4 Å². The highest BCUT2D eigenvalue weighted by Gasteiger charge is 2.38. The van der Waals surface area contributed by atoms with Crippen LogP contribution in [0.3, 0.4) is 0 Å². The molecule has 0 aromatic carbocycles. The Morgan fingerprint density at radius 3 is 2.61 bits per heavy atom. The van der Waals surface area contributed by atoms with Gasteiger partial charge < -0.3 is 0 Å². The second-order valence-electron chi connectivity index (χ2n) is 6.37. The van der Waals surface area contributed by atoms with E-state index >= 15 is 0 Å². The van der Waals surface area contributed by atoms with Gasteiger partial charge in [0.1, 0.15) is 0 Å². The molecular formula is C17H26O. The number of carbonyl (C=O) groups excluding carboxylic acids is 1. The average molecular weight is 246 g/mol. The van der Waals surface area contributed by atoms with Gasteiger partial charge in [-0.2, -0.15) is 0 Å². The van der Waals surface area contributed by atoms with Crippen molar-refractivity contribution in [3.8, 4) is 0 Å². The van der Waals surface area contributed by atoms with Crippen LogP contribution < -0.4 is 0 Å². The zero-order chi connectivity index (χ0) is 13.3. The lowest BCUT2D eigenvalue weighted by Gasteiger charge is -2.31. The molecule has 0 unspecified atom stereocenters. The molecular weight excluding hydrogens is 220 g/mol. The maximum absolute atomic E-state index is 12.8. The first kappa shape index (κ1) is 13.6. The van der Waals surface area contributed by atoms with Gasteiger partial charge in [-0.1, -0.05) is 25.5 Å². The lowest BCUT2D eigenvalue weighted by molar-refractivity contribution is -0.120. The Morgan fingerprint density at radius 1 is 1.22 bits per heavy atom. The predicted octanol–water partition coefficient (Wildman–Crippen LogP) is 4.54. The van der Waals surface area contributed by atoms with E-state index in [1.165, 1.54) is 30.4 Å². The lowest BCUT2D eigenvalue weighted by atomic mass is 9.73. The van der Waals surface area contributed by atoms with Gasteiger partial charge in [-0.25, -0.2) is 0 Å². The SMILES string of the molecule is C=CC[C@@H]1C(=O)C2=C(C)CC[C@H](C)[C@@H]2CC[C@H]1C. The third kappa shape index (κ3) is 2.32. The van der Waals surface area contributed by atoms with Crippen LogP contribution in [0.25, 0.3) is 0 Å². The highest BCUT2D eigenvalue weighted by Crippen LogP contribution is 2.44. The molecule has 2 aliphatic carbocycles. The Labute approximate surface area is 111 Å². The van der Waals surface area contributed by atoms with Crippen molar-refractivity contribution in [3.05, 3.63) is 23.8 Å². The molecule has 18 heavy (non-hydrogen) atoms. The van der Waals surface area contributed by atoms with Gasteiger partial charge in [-0.05, 0) is 62.4 Å². The fraction of sp³-hybridized carbons (Fsp3) is 0.706. The Balaban J connectivity index is 2.38. The first-order valence-electron chi connectivity index (χ1n) is 7.41. The summed E-state index contributed by atoms with van der Waals surface area (Å²) in [5, 5.41) is 0. The van der Waals surface area contributed by atoms with E-state index in [0.29, 0.717) is 23.5 Å². The second kappa shape index (κ2) is 5.42. The molecule has 1 fully saturated rings. The summed E-state index contributed by atoms with van der Waals surface area (Å²) < 4.78 is 0. The van der Waals surface area contributed by atoms with Gasteiger partial charge in [0.15, 0.2) is 5.78 Å². The van der Waals surface area contributed by atoms with Crippen LogP contribution in [-0.2, 0) is 4.79 Å². The van der Waals surface area contributed by atoms with Gasteiger partial charge in [-0.15, -0.1) is 6.58 Å². The van der Waals surface area contributed by atoms with E-state index in [-0.39, 0.29) is 5.92 Å². The van der Waals surface area contributed by atoms with Gasteiger partial charge in [0.05, 0.1) is 0 Å². The van der Waals surface area contributed by atoms with E-state index in [4.69, 9.17) is 0 Å². The Bertz CT molecular complexity index is 377. The summed E-state index contributed by atoms with van der Waals surface area (Å²) in [6.07, 6.45) is 7.53. The zero-order valence-corrected chi connectivity index (χ0v) is 12.0. The van der Waals surface area contributed by atoms with Crippen molar-refractivity contribution in [2.45, 2.75) is 52.9 Å². The number of fused-ring (bicyclic) bond motifs is 1. The van der Waals surface area contributed by atoms with Crippen LogP contribution in [0.4, 0.5) is 0 Å². The number of hydrogen-bond donors (Lipinski definition) is 0. The summed E-state index contributed by atoms with van der Waals surface area (Å²) in [6.45, 7) is 10.6. The molecule has 1 heteroatoms. The van der Waals surface area contributed by atoms with Crippen LogP contribution in [-0.4, -0.2) is 5.78 Å². The fourth-order valence-electron chi connectivity index (χ4n) is 3.82. The van der Waals surface area contributed by atoms with Crippen molar-refractivity contribution in [2.75, 3.05) is 0 Å². The second-order valence-corrected chi connectivity index (χ2v) is 6.37. The van der Waals surface area contributed by atoms with E-state index in [1.807, 2.05) is 6.08 Å². The van der Waals surface area contributed by atoms with Crippen molar-refractivity contribution in [3.63, 3.8) is 0 Å². The lowest BCUT2D eigenvalue weighted by Crippen LogP contribution is -2.27. The summed E-state index contributed by atoms with van der Waals surface area (Å²) in [6, 6.07) is 0. The van der Waals surface area contributed by atoms with Crippen LogP contribution >= 0.6 is 0 Å². The number of rotatable bonds is 2. The quantitative estimate of drug-likeness (QED) is 0.654. The maximum atomic E-state index is 12.8. The number of Topliss-reactive ketones (excluding diaryl/α,β-unsaturated/α-hetero) is 1. The van der Waals surface area contributed by atoms with E-state index in [1.54, 1.807) is 0 Å². The van der Waals surface area contributed by atoms with Gasteiger partial charge >= 0.3 is 0 Å². The van der Waals surface area contributed by atoms with Crippen LogP contribution in [0, 0.1) is 23.7 Å². The van der Waals surface area contributed by atoms with Gasteiger partial charge in [0.2, 0.25) is 0 Å². The first-order chi connectivity index (χ1) is 8.56. The van der Waals surface area contributed by atoms with Crippen molar-refractivity contribution >= 4 is 5.78 Å². The van der Waals surface area contributed by atoms with Crippen molar-refractivity contribution in [1.82, 2.24) is 0 Å². The predicted molar refractivity (Wildman–Crippen MR) is 76.3 cm³/mol. The molecule has 2 aliphatic rings. The van der Waals surface area contributed by atoms with Crippen LogP contribution in [0.1, 0.15) is 52.9 Å². The Kier molecular flexibility index (Phi) is 4.09. The van der Waals surface area contributed by atoms with Crippen molar-refractivity contribution in [2.24, 2.45) is 23.7 Å². The van der Waals surface area contributed by atoms with Gasteiger partial charge in [-0.3, -0.25) is 4.79 Å². The molecule has 2 rings (SSSR count). The smallest absolute Gasteiger partial charge is 0.162 e. The van der Waals surface area contributed by atoms with Crippen molar-refractivity contribution < 1.29 is 4.79 Å². The molecule has 0 spiro atoms. The Hall–Kier alpha value is -0.850. The van der Waals surface area contributed by atoms with Crippen LogP contribution in [0.15, 0.2) is 23.8 Å². The third-order valence-corrected chi connectivity index (χ3v) is 5.13. The summed E-state index contributed by atoms with van der Waals surface area (Å²) in [5.74, 6) is 2.34. The summed E-state index contributed by atoms with van der Waals surface area (Å²) in [5.41, 5.74) is 2.57. The first-order valence-corrected chi connectivity index (χ1v) is 7.41. The van der Waals surface area contributed by atoms with E-state index in [9.17, 15) is 4.79 Å².